The van der Waals surface area contributed by atoms with Gasteiger partial charge in [-0.05, 0) is 18.9 Å². The SMILES string of the molecule is C#CC(=O)Nc1sc(C)cc1C(=O)O. The number of amides is 1. The van der Waals surface area contributed by atoms with Gasteiger partial charge in [0, 0.05) is 4.88 Å². The van der Waals surface area contributed by atoms with Crippen molar-refractivity contribution in [3.05, 3.63) is 16.5 Å². The molecule has 72 valence electrons. The van der Waals surface area contributed by atoms with Crippen LogP contribution in [0.25, 0.3) is 0 Å². The van der Waals surface area contributed by atoms with Crippen LogP contribution in [0.1, 0.15) is 15.2 Å². The van der Waals surface area contributed by atoms with E-state index in [9.17, 15) is 9.59 Å². The van der Waals surface area contributed by atoms with Crippen LogP contribution in [0.15, 0.2) is 6.07 Å². The van der Waals surface area contributed by atoms with E-state index in [0.29, 0.717) is 0 Å². The third kappa shape index (κ3) is 2.12. The highest BCUT2D eigenvalue weighted by molar-refractivity contribution is 7.16. The molecule has 14 heavy (non-hydrogen) atoms. The lowest BCUT2D eigenvalue weighted by Crippen LogP contribution is -2.09. The van der Waals surface area contributed by atoms with E-state index >= 15 is 0 Å². The molecule has 0 spiro atoms. The lowest BCUT2D eigenvalue weighted by Gasteiger charge is -1.97. The summed E-state index contributed by atoms with van der Waals surface area (Å²) in [6.45, 7) is 1.75. The zero-order chi connectivity index (χ0) is 10.7. The molecule has 0 aliphatic carbocycles. The molecular formula is C9H7NO3S. The Balaban J connectivity index is 3.03. The summed E-state index contributed by atoms with van der Waals surface area (Å²) in [7, 11) is 0. The van der Waals surface area contributed by atoms with Gasteiger partial charge in [0.1, 0.15) is 5.00 Å². The van der Waals surface area contributed by atoms with Crippen molar-refractivity contribution >= 4 is 28.2 Å². The van der Waals surface area contributed by atoms with Crippen molar-refractivity contribution in [2.75, 3.05) is 5.32 Å². The van der Waals surface area contributed by atoms with Crippen molar-refractivity contribution in [3.63, 3.8) is 0 Å². The van der Waals surface area contributed by atoms with E-state index in [2.05, 4.69) is 5.32 Å². The smallest absolute Gasteiger partial charge is 0.338 e. The molecule has 0 saturated heterocycles. The minimum Gasteiger partial charge on any atom is -0.478 e. The number of hydrogen-bond acceptors (Lipinski definition) is 3. The molecule has 0 aliphatic rings. The first-order valence-electron chi connectivity index (χ1n) is 3.66. The number of thiophene rings is 1. The van der Waals surface area contributed by atoms with Crippen LogP contribution in [0.2, 0.25) is 0 Å². The highest BCUT2D eigenvalue weighted by Crippen LogP contribution is 2.27. The van der Waals surface area contributed by atoms with Crippen LogP contribution < -0.4 is 5.32 Å². The van der Waals surface area contributed by atoms with Gasteiger partial charge in [0.2, 0.25) is 0 Å². The average molecular weight is 209 g/mol. The van der Waals surface area contributed by atoms with Crippen molar-refractivity contribution in [2.45, 2.75) is 6.92 Å². The van der Waals surface area contributed by atoms with E-state index in [4.69, 9.17) is 11.5 Å². The predicted molar refractivity (Wildman–Crippen MR) is 53.5 cm³/mol. The molecule has 1 rings (SSSR count). The van der Waals surface area contributed by atoms with Crippen molar-refractivity contribution < 1.29 is 14.7 Å². The molecule has 5 heteroatoms. The Morgan fingerprint density at radius 2 is 2.29 bits per heavy atom. The predicted octanol–water partition coefficient (Wildman–Crippen LogP) is 1.33. The van der Waals surface area contributed by atoms with Crippen LogP contribution >= 0.6 is 11.3 Å². The third-order valence-electron chi connectivity index (χ3n) is 1.44. The second kappa shape index (κ2) is 3.94. The molecule has 0 saturated carbocycles. The lowest BCUT2D eigenvalue weighted by molar-refractivity contribution is -0.111. The molecular weight excluding hydrogens is 202 g/mol. The van der Waals surface area contributed by atoms with Crippen LogP contribution in [0.3, 0.4) is 0 Å². The van der Waals surface area contributed by atoms with Crippen molar-refractivity contribution in [2.24, 2.45) is 0 Å². The number of carbonyl (C=O) groups is 2. The van der Waals surface area contributed by atoms with Crippen LogP contribution in [-0.4, -0.2) is 17.0 Å². The maximum absolute atomic E-state index is 10.8. The van der Waals surface area contributed by atoms with Gasteiger partial charge in [-0.3, -0.25) is 4.79 Å². The highest BCUT2D eigenvalue weighted by atomic mass is 32.1. The standard InChI is InChI=1S/C9H7NO3S/c1-3-7(11)10-8-6(9(12)13)4-5(2)14-8/h1,4H,2H3,(H,10,11)(H,12,13). The second-order valence-corrected chi connectivity index (χ2v) is 3.76. The number of hydrogen-bond donors (Lipinski definition) is 2. The molecule has 1 aromatic heterocycles. The van der Waals surface area contributed by atoms with Crippen LogP contribution in [0.5, 0.6) is 0 Å². The normalized spacial score (nSPS) is 9.14. The fraction of sp³-hybridized carbons (Fsp3) is 0.111. The van der Waals surface area contributed by atoms with Gasteiger partial charge < -0.3 is 10.4 Å². The number of rotatable bonds is 2. The van der Waals surface area contributed by atoms with Crippen molar-refractivity contribution in [1.82, 2.24) is 0 Å². The van der Waals surface area contributed by atoms with Gasteiger partial charge in [0.05, 0.1) is 5.56 Å². The van der Waals surface area contributed by atoms with Gasteiger partial charge in [-0.2, -0.15) is 0 Å². The van der Waals surface area contributed by atoms with E-state index in [-0.39, 0.29) is 10.6 Å². The largest absolute Gasteiger partial charge is 0.478 e. The summed E-state index contributed by atoms with van der Waals surface area (Å²) < 4.78 is 0. The van der Waals surface area contributed by atoms with Gasteiger partial charge in [-0.1, -0.05) is 0 Å². The Morgan fingerprint density at radius 1 is 1.64 bits per heavy atom. The van der Waals surface area contributed by atoms with Crippen LogP contribution in [-0.2, 0) is 4.79 Å². The van der Waals surface area contributed by atoms with E-state index in [1.54, 1.807) is 6.92 Å². The maximum Gasteiger partial charge on any atom is 0.338 e. The molecule has 0 radical (unpaired) electrons. The number of aromatic carboxylic acids is 1. The fourth-order valence-electron chi connectivity index (χ4n) is 0.905. The summed E-state index contributed by atoms with van der Waals surface area (Å²) >= 11 is 1.18. The summed E-state index contributed by atoms with van der Waals surface area (Å²) in [6, 6.07) is 1.49. The number of anilines is 1. The minimum absolute atomic E-state index is 0.0658. The first-order chi connectivity index (χ1) is 6.54. The molecule has 0 unspecified atom stereocenters. The van der Waals surface area contributed by atoms with E-state index in [0.717, 1.165) is 4.88 Å². The molecule has 2 N–H and O–H groups in total. The number of nitrogens with one attached hydrogen (secondary N) is 1. The first-order valence-corrected chi connectivity index (χ1v) is 4.47. The molecule has 0 aliphatic heterocycles. The molecule has 4 nitrogen and oxygen atoms in total. The Bertz CT molecular complexity index is 428. The first kappa shape index (κ1) is 10.3. The van der Waals surface area contributed by atoms with E-state index in [1.165, 1.54) is 17.4 Å². The fourth-order valence-corrected chi connectivity index (χ4v) is 1.80. The van der Waals surface area contributed by atoms with Crippen molar-refractivity contribution in [1.29, 1.82) is 0 Å². The van der Waals surface area contributed by atoms with Gasteiger partial charge in [-0.15, -0.1) is 17.8 Å². The molecule has 1 amide bonds. The molecule has 0 atom stereocenters. The van der Waals surface area contributed by atoms with Crippen LogP contribution in [0.4, 0.5) is 5.00 Å². The Labute approximate surface area is 84.6 Å². The molecule has 0 fully saturated rings. The van der Waals surface area contributed by atoms with Crippen LogP contribution in [0, 0.1) is 19.3 Å². The molecule has 1 heterocycles. The minimum atomic E-state index is -1.08. The van der Waals surface area contributed by atoms with Gasteiger partial charge in [0.25, 0.3) is 0 Å². The quantitative estimate of drug-likeness (QED) is 0.722. The average Bonchev–Trinajstić information content (AvgIpc) is 2.46. The van der Waals surface area contributed by atoms with Gasteiger partial charge in [-0.25, -0.2) is 4.79 Å². The van der Waals surface area contributed by atoms with E-state index in [1.807, 2.05) is 5.92 Å². The van der Waals surface area contributed by atoms with Gasteiger partial charge >= 0.3 is 11.9 Å². The summed E-state index contributed by atoms with van der Waals surface area (Å²) in [6.07, 6.45) is 4.85. The van der Waals surface area contributed by atoms with E-state index < -0.39 is 11.9 Å². The maximum atomic E-state index is 10.8. The Hall–Kier alpha value is -1.80. The summed E-state index contributed by atoms with van der Waals surface area (Å²) in [5, 5.41) is 11.4. The zero-order valence-corrected chi connectivity index (χ0v) is 8.14. The second-order valence-electron chi connectivity index (χ2n) is 2.50. The summed E-state index contributed by atoms with van der Waals surface area (Å²) in [4.78, 5) is 22.3. The molecule has 1 aromatic rings. The highest BCUT2D eigenvalue weighted by Gasteiger charge is 2.14. The Kier molecular flexibility index (Phi) is 2.89. The molecule has 0 aromatic carbocycles. The van der Waals surface area contributed by atoms with Crippen molar-refractivity contribution in [3.8, 4) is 12.3 Å². The lowest BCUT2D eigenvalue weighted by atomic mass is 10.3. The topological polar surface area (TPSA) is 66.4 Å². The monoisotopic (exact) mass is 209 g/mol. The molecule has 0 bridgehead atoms. The number of carboxylic acid groups (broad SMARTS) is 1. The summed E-state index contributed by atoms with van der Waals surface area (Å²) in [5.41, 5.74) is 0.0658. The number of carbonyl (C=O) groups excluding carboxylic acids is 1. The number of carboxylic acids is 1. The number of terminal acetylenes is 1. The number of aryl methyl sites for hydroxylation is 1. The summed E-state index contributed by atoms with van der Waals surface area (Å²) in [5.74, 6) is 0.127. The van der Waals surface area contributed by atoms with Gasteiger partial charge in [0.15, 0.2) is 0 Å². The zero-order valence-electron chi connectivity index (χ0n) is 7.33. The Morgan fingerprint density at radius 3 is 2.79 bits per heavy atom. The third-order valence-corrected chi connectivity index (χ3v) is 2.41.